The van der Waals surface area contributed by atoms with E-state index in [1.807, 2.05) is 5.32 Å². The molecule has 1 radical (unpaired) electrons. The molecule has 0 saturated heterocycles. The molecule has 0 aliphatic heterocycles. The summed E-state index contributed by atoms with van der Waals surface area (Å²) in [6.45, 7) is -1.54. The Balaban J connectivity index is 0.00000870. The zero-order chi connectivity index (χ0) is 43.0. The number of nitrogens with one attached hydrogen (secondary N) is 4. The van der Waals surface area contributed by atoms with Gasteiger partial charge in [0, 0.05) is 40.6 Å². The molecule has 0 saturated carbocycles. The van der Waals surface area contributed by atoms with Gasteiger partial charge >= 0.3 is 52.0 Å². The first-order chi connectivity index (χ1) is 26.2. The number of aromatic hydroxyl groups is 1. The number of hydrogen-bond acceptors (Lipinski definition) is 16. The molecule has 0 spiro atoms. The van der Waals surface area contributed by atoms with E-state index in [9.17, 15) is 71.0 Å². The average Bonchev–Trinajstić information content (AvgIpc) is 3.08. The number of hydrazine groups is 1. The number of urea groups is 1. The first-order valence-electron chi connectivity index (χ1n) is 15.0. The van der Waals surface area contributed by atoms with Gasteiger partial charge in [-0.2, -0.15) is 25.3 Å². The van der Waals surface area contributed by atoms with Crippen molar-refractivity contribution >= 4 is 96.8 Å². The van der Waals surface area contributed by atoms with Gasteiger partial charge in [0.2, 0.25) is 0 Å². The third kappa shape index (κ3) is 16.9. The number of halogens is 1. The molecular formula is C27H30ClCuN6NaO18S5. The Labute approximate surface area is 374 Å². The molecule has 32 heteroatoms. The second-order valence-electron chi connectivity index (χ2n) is 10.9. The topological polar surface area (TPSA) is 390 Å². The monoisotopic (exact) mass is 1010 g/mol. The molecule has 3 aromatic carbocycles. The smallest absolute Gasteiger partial charge is 0.573 e. The minimum Gasteiger partial charge on any atom is -0.573 e. The summed E-state index contributed by atoms with van der Waals surface area (Å²) in [5.41, 5.74) is 5.88. The molecule has 2 amide bonds. The fourth-order valence-corrected chi connectivity index (χ4v) is 8.15. The molecule has 0 unspecified atom stereocenters. The van der Waals surface area contributed by atoms with Crippen LogP contribution in [-0.2, 0) is 71.6 Å². The summed E-state index contributed by atoms with van der Waals surface area (Å²) < 4.78 is 150. The standard InChI is InChI=1S/C27H30ClN6O18S5.Cu.Na/c28-7-10-54(41,42)17-3-1-16(2-4-17)25(33-31-21-13-18(55(43,44)45)5-6-20(21)26(36)37)34-32-23-15-19(56(46,47)48)14-22(24(23)35)30-27(38)29-8-11-53(39,40)12-9-52-57(49,50)51;;/h1-6,13-15,32,35H,7-12H2,(H,33,34)(H,36,37)(H2,29,30,38)(H,43,44,45)(H,46,47,48)(H,49,50,51);;/q-1;;+1. The van der Waals surface area contributed by atoms with E-state index in [1.165, 1.54) is 12.1 Å². The number of carbonyl (C=O) groups excluding carboxylic acids is 1. The first kappa shape index (κ1) is 53.7. The Morgan fingerprint density at radius 1 is 0.780 bits per heavy atom. The fraction of sp³-hybridized carbons (Fsp3) is 0.222. The van der Waals surface area contributed by atoms with Crippen molar-refractivity contribution in [2.75, 3.05) is 47.0 Å². The Kier molecular flexibility index (Phi) is 20.0. The van der Waals surface area contributed by atoms with Crippen molar-refractivity contribution in [3.8, 4) is 5.75 Å². The van der Waals surface area contributed by atoms with Gasteiger partial charge in [0.1, 0.15) is 5.84 Å². The van der Waals surface area contributed by atoms with Gasteiger partial charge in [-0.15, -0.1) is 17.3 Å². The van der Waals surface area contributed by atoms with Crippen molar-refractivity contribution in [1.29, 1.82) is 0 Å². The Morgan fingerprint density at radius 2 is 1.36 bits per heavy atom. The minimum atomic E-state index is -5.09. The molecule has 0 bridgehead atoms. The molecule has 59 heavy (non-hydrogen) atoms. The Bertz CT molecular complexity index is 2620. The van der Waals surface area contributed by atoms with Crippen molar-refractivity contribution in [3.63, 3.8) is 0 Å². The molecule has 0 aliphatic carbocycles. The van der Waals surface area contributed by atoms with Crippen LogP contribution in [-0.4, -0.2) is 120 Å². The second-order valence-corrected chi connectivity index (χ2v) is 19.6. The molecule has 0 atom stereocenters. The van der Waals surface area contributed by atoms with Gasteiger partial charge in [-0.25, -0.2) is 30.6 Å². The zero-order valence-electron chi connectivity index (χ0n) is 29.6. The number of nitrogens with zero attached hydrogens (tertiary/aromatic N) is 2. The van der Waals surface area contributed by atoms with Crippen molar-refractivity contribution in [2.45, 2.75) is 14.7 Å². The van der Waals surface area contributed by atoms with Gasteiger partial charge in [-0.05, 0) is 48.5 Å². The summed E-state index contributed by atoms with van der Waals surface area (Å²) in [4.78, 5) is 22.5. The molecule has 325 valence electrons. The van der Waals surface area contributed by atoms with Crippen LogP contribution in [0.3, 0.4) is 0 Å². The number of anilines is 2. The number of sulfone groups is 2. The van der Waals surface area contributed by atoms with E-state index >= 15 is 0 Å². The summed E-state index contributed by atoms with van der Waals surface area (Å²) in [6.07, 6.45) is 0. The molecule has 3 rings (SSSR count). The third-order valence-corrected chi connectivity index (χ3v) is 12.8. The van der Waals surface area contributed by atoms with Crippen LogP contribution >= 0.6 is 11.6 Å². The van der Waals surface area contributed by atoms with Gasteiger partial charge in [0.15, 0.2) is 25.4 Å². The number of carboxylic acids is 1. The van der Waals surface area contributed by atoms with Crippen molar-refractivity contribution in [1.82, 2.24) is 10.7 Å². The molecule has 0 aromatic heterocycles. The summed E-state index contributed by atoms with van der Waals surface area (Å²) in [5, 5.41) is 28.5. The summed E-state index contributed by atoms with van der Waals surface area (Å²) in [5.74, 6) is -5.31. The number of phenols is 1. The van der Waals surface area contributed by atoms with Gasteiger partial charge in [0.05, 0.1) is 49.9 Å². The van der Waals surface area contributed by atoms with E-state index in [4.69, 9.17) is 16.2 Å². The summed E-state index contributed by atoms with van der Waals surface area (Å²) in [7, 11) is -22.8. The van der Waals surface area contributed by atoms with Crippen LogP contribution in [0.15, 0.2) is 74.4 Å². The average molecular weight is 1010 g/mol. The number of benzene rings is 3. The number of hydrogen-bond donors (Lipinski definition) is 9. The Morgan fingerprint density at radius 3 is 1.90 bits per heavy atom. The number of aromatic carboxylic acids is 1. The van der Waals surface area contributed by atoms with Crippen LogP contribution < -0.4 is 51.0 Å². The number of amidine groups is 1. The van der Waals surface area contributed by atoms with E-state index < -0.39 is 137 Å². The van der Waals surface area contributed by atoms with E-state index in [0.29, 0.717) is 18.2 Å². The molecule has 0 heterocycles. The number of rotatable bonds is 19. The minimum absolute atomic E-state index is 0. The van der Waals surface area contributed by atoms with E-state index in [1.54, 1.807) is 0 Å². The molecular weight excluding hydrogens is 979 g/mol. The maximum absolute atomic E-state index is 12.5. The van der Waals surface area contributed by atoms with E-state index in [2.05, 4.69) is 30.9 Å². The molecule has 0 fully saturated rings. The quantitative estimate of drug-likeness (QED) is 0.0119. The predicted octanol–water partition coefficient (Wildman–Crippen LogP) is -2.06. The maximum atomic E-state index is 12.5. The number of alkyl halides is 1. The van der Waals surface area contributed by atoms with Gasteiger partial charge in [-0.1, -0.05) is 6.07 Å². The largest absolute Gasteiger partial charge is 1.00 e. The number of carboxylic acid groups (broad SMARTS) is 1. The molecule has 3 aromatic rings. The van der Waals surface area contributed by atoms with Crippen LogP contribution in [0.4, 0.5) is 21.9 Å². The summed E-state index contributed by atoms with van der Waals surface area (Å²) >= 11 is 5.58. The molecule has 0 aliphatic rings. The number of carbonyl (C=O) groups is 2. The van der Waals surface area contributed by atoms with Crippen molar-refractivity contribution in [2.24, 2.45) is 5.10 Å². The van der Waals surface area contributed by atoms with Gasteiger partial charge in [0.25, 0.3) is 20.2 Å². The van der Waals surface area contributed by atoms with E-state index in [-0.39, 0.29) is 63.0 Å². The van der Waals surface area contributed by atoms with Gasteiger partial charge in [-0.3, -0.25) is 24.5 Å². The first-order valence-corrected chi connectivity index (χ1v) is 23.2. The predicted molar refractivity (Wildman–Crippen MR) is 200 cm³/mol. The van der Waals surface area contributed by atoms with E-state index in [0.717, 1.165) is 24.3 Å². The Hall–Kier alpha value is -3.33. The number of amides is 2. The van der Waals surface area contributed by atoms with Crippen molar-refractivity contribution < 1.29 is 126 Å². The molecule has 24 nitrogen and oxygen atoms in total. The van der Waals surface area contributed by atoms with Crippen LogP contribution in [0, 0.1) is 0 Å². The van der Waals surface area contributed by atoms with Crippen LogP contribution in [0.1, 0.15) is 15.9 Å². The van der Waals surface area contributed by atoms with Crippen molar-refractivity contribution in [3.05, 3.63) is 71.1 Å². The number of phenolic OH excluding ortho intramolecular Hbond substituents is 1. The fourth-order valence-electron chi connectivity index (χ4n) is 4.16. The molecule has 9 N–H and O–H groups in total. The second kappa shape index (κ2) is 22.0. The third-order valence-electron chi connectivity index (χ3n) is 6.86. The summed E-state index contributed by atoms with van der Waals surface area (Å²) in [6, 6.07) is 6.82. The zero-order valence-corrected chi connectivity index (χ0v) is 37.4. The van der Waals surface area contributed by atoms with Crippen LogP contribution in [0.25, 0.3) is 5.43 Å². The SMILES string of the molecule is O=C(NCCS(=O)(=O)CCOS(=O)(=O)O)Nc1cc(S(=O)(=O)O)cc(NN/C(=N\[N-]c2cc(S(=O)(=O)O)ccc2C(=O)O)c2ccc(S(=O)(=O)CCCl)cc2)c1O.[Cu].[Na+]. The maximum Gasteiger partial charge on any atom is 1.00 e. The van der Waals surface area contributed by atoms with Crippen LogP contribution in [0.5, 0.6) is 5.75 Å². The normalized spacial score (nSPS) is 12.3. The van der Waals surface area contributed by atoms with Gasteiger partial charge < -0.3 is 31.4 Å². The van der Waals surface area contributed by atoms with Crippen LogP contribution in [0.2, 0.25) is 0 Å².